The average Bonchev–Trinajstić information content (AvgIpc) is 3.25. The van der Waals surface area contributed by atoms with Crippen LogP contribution in [0.2, 0.25) is 0 Å². The molecule has 9 N–H and O–H groups in total. The second-order valence-corrected chi connectivity index (χ2v) is 13.7. The number of benzene rings is 5. The molecule has 0 spiro atoms. The molecule has 0 aliphatic carbocycles. The molecular formula is C45H46N10O4. The van der Waals surface area contributed by atoms with E-state index < -0.39 is 0 Å². The summed E-state index contributed by atoms with van der Waals surface area (Å²) in [7, 11) is 3.11. The molecular weight excluding hydrogens is 745 g/mol. The predicted octanol–water partition coefficient (Wildman–Crippen LogP) is 6.43. The molecule has 0 saturated carbocycles. The van der Waals surface area contributed by atoms with Crippen LogP contribution in [0, 0.1) is 6.92 Å². The van der Waals surface area contributed by atoms with Gasteiger partial charge in [0.1, 0.15) is 5.82 Å². The Morgan fingerprint density at radius 3 is 1.81 bits per heavy atom. The maximum atomic E-state index is 12.5. The fourth-order valence-electron chi connectivity index (χ4n) is 6.00. The van der Waals surface area contributed by atoms with Gasteiger partial charge in [0.25, 0.3) is 17.4 Å². The monoisotopic (exact) mass is 790 g/mol. The van der Waals surface area contributed by atoms with Crippen molar-refractivity contribution in [2.75, 3.05) is 51.1 Å². The second kappa shape index (κ2) is 18.8. The molecule has 0 atom stereocenters. The topological polar surface area (TPSA) is 203 Å². The summed E-state index contributed by atoms with van der Waals surface area (Å²) in [6.07, 6.45) is 1.55. The van der Waals surface area contributed by atoms with Crippen molar-refractivity contribution in [3.05, 3.63) is 177 Å². The lowest BCUT2D eigenvalue weighted by Gasteiger charge is -2.11. The molecule has 7 aromatic rings. The molecule has 5 aromatic carbocycles. The van der Waals surface area contributed by atoms with Gasteiger partial charge in [-0.05, 0) is 91.3 Å². The smallest absolute Gasteiger partial charge is 0.330 e. The predicted molar refractivity (Wildman–Crippen MR) is 238 cm³/mol. The van der Waals surface area contributed by atoms with Crippen molar-refractivity contribution in [3.8, 4) is 0 Å². The van der Waals surface area contributed by atoms with Crippen molar-refractivity contribution in [1.82, 2.24) is 14.1 Å². The van der Waals surface area contributed by atoms with Crippen LogP contribution in [0.25, 0.3) is 10.9 Å². The molecule has 0 aliphatic heterocycles. The molecule has 300 valence electrons. The van der Waals surface area contributed by atoms with E-state index in [0.717, 1.165) is 33.9 Å². The van der Waals surface area contributed by atoms with E-state index >= 15 is 0 Å². The first-order valence-electron chi connectivity index (χ1n) is 18.8. The fraction of sp³-hybridized carbons (Fsp3) is 0.133. The lowest BCUT2D eigenvalue weighted by atomic mass is 10.1. The van der Waals surface area contributed by atoms with Crippen molar-refractivity contribution in [3.63, 3.8) is 0 Å². The number of nitrogen functional groups attached to an aromatic ring is 2. The Bertz CT molecular complexity index is 2690. The van der Waals surface area contributed by atoms with Gasteiger partial charge < -0.3 is 38.1 Å². The molecule has 14 heteroatoms. The molecule has 0 aliphatic rings. The molecule has 59 heavy (non-hydrogen) atoms. The quantitative estimate of drug-likeness (QED) is 0.0534. The molecule has 7 rings (SSSR count). The summed E-state index contributed by atoms with van der Waals surface area (Å²) in [5, 5.41) is 15.9. The number of para-hydroxylation sites is 4. The van der Waals surface area contributed by atoms with E-state index in [1.54, 1.807) is 80.0 Å². The first-order chi connectivity index (χ1) is 28.5. The van der Waals surface area contributed by atoms with Gasteiger partial charge >= 0.3 is 5.69 Å². The van der Waals surface area contributed by atoms with Crippen LogP contribution in [0.15, 0.2) is 143 Å². The molecule has 2 heterocycles. The third-order valence-electron chi connectivity index (χ3n) is 9.44. The first kappa shape index (κ1) is 40.8. The normalized spacial score (nSPS) is 10.6. The summed E-state index contributed by atoms with van der Waals surface area (Å²) in [6, 6.07) is 38.6. The molecule has 14 nitrogen and oxygen atoms in total. The Labute approximate surface area is 340 Å². The summed E-state index contributed by atoms with van der Waals surface area (Å²) in [5.74, 6) is 0.239. The van der Waals surface area contributed by atoms with E-state index in [1.165, 1.54) is 17.2 Å². The number of rotatable bonds is 12. The summed E-state index contributed by atoms with van der Waals surface area (Å²) in [6.45, 7) is 4.05. The lowest BCUT2D eigenvalue weighted by Crippen LogP contribution is -2.36. The largest absolute Gasteiger partial charge is 0.397 e. The van der Waals surface area contributed by atoms with E-state index in [4.69, 9.17) is 11.5 Å². The Hall–Kier alpha value is -7.87. The SMILES string of the molecule is Cc1ccc(NCCNc2ccc(C(=O)Nc3ccccc3N)cn2)cc1.Cn1c(=O)c2cc(NCc3ccc(C(=O)Nc4ccccc4N)cc3)ccc2n(C)c1=O. The number of nitrogens with one attached hydrogen (secondary N) is 5. The van der Waals surface area contributed by atoms with Crippen LogP contribution in [0.4, 0.5) is 39.9 Å². The van der Waals surface area contributed by atoms with Crippen LogP contribution in [-0.2, 0) is 20.6 Å². The highest BCUT2D eigenvalue weighted by Crippen LogP contribution is 2.20. The molecule has 0 bridgehead atoms. The van der Waals surface area contributed by atoms with Gasteiger partial charge in [-0.25, -0.2) is 9.78 Å². The van der Waals surface area contributed by atoms with Crippen molar-refractivity contribution < 1.29 is 9.59 Å². The van der Waals surface area contributed by atoms with Crippen LogP contribution in [0.3, 0.4) is 0 Å². The Morgan fingerprint density at radius 1 is 0.627 bits per heavy atom. The summed E-state index contributed by atoms with van der Waals surface area (Å²) < 4.78 is 2.55. The third kappa shape index (κ3) is 10.5. The number of hydrogen-bond acceptors (Lipinski definition) is 10. The maximum absolute atomic E-state index is 12.5. The highest BCUT2D eigenvalue weighted by atomic mass is 16.2. The Morgan fingerprint density at radius 2 is 1.20 bits per heavy atom. The van der Waals surface area contributed by atoms with E-state index in [0.29, 0.717) is 57.9 Å². The zero-order valence-corrected chi connectivity index (χ0v) is 33.0. The van der Waals surface area contributed by atoms with Gasteiger partial charge in [0.15, 0.2) is 0 Å². The van der Waals surface area contributed by atoms with Crippen molar-refractivity contribution in [1.29, 1.82) is 0 Å². The maximum Gasteiger partial charge on any atom is 0.330 e. The average molecular weight is 791 g/mol. The highest BCUT2D eigenvalue weighted by Gasteiger charge is 2.11. The standard InChI is InChI=1S/C24H23N5O3.C21H23N5O/c1-28-21-12-11-17(13-18(21)23(31)29(2)24(28)32)26-14-15-7-9-16(10-8-15)22(30)27-20-6-4-3-5-19(20)25;1-15-6-9-17(10-7-15)23-12-13-24-20-11-8-16(14-25-20)21(27)26-19-5-3-2-4-18(19)22/h3-13,26H,14,25H2,1-2H3,(H,27,30);2-11,14,23H,12-13,22H2,1H3,(H,24,25)(H,26,27). The van der Waals surface area contributed by atoms with Crippen LogP contribution in [0.1, 0.15) is 31.8 Å². The van der Waals surface area contributed by atoms with Crippen LogP contribution in [0.5, 0.6) is 0 Å². The number of carbonyl (C=O) groups excluding carboxylic acids is 2. The minimum atomic E-state index is -0.359. The third-order valence-corrected chi connectivity index (χ3v) is 9.44. The van der Waals surface area contributed by atoms with E-state index in [-0.39, 0.29) is 23.1 Å². The van der Waals surface area contributed by atoms with Gasteiger partial charge in [-0.2, -0.15) is 0 Å². The summed E-state index contributed by atoms with van der Waals surface area (Å²) >= 11 is 0. The fourth-order valence-corrected chi connectivity index (χ4v) is 6.00. The van der Waals surface area contributed by atoms with Crippen molar-refractivity contribution >= 4 is 62.7 Å². The molecule has 2 amide bonds. The molecule has 0 saturated heterocycles. The lowest BCUT2D eigenvalue weighted by molar-refractivity contribution is 0.101. The second-order valence-electron chi connectivity index (χ2n) is 13.7. The number of aryl methyl sites for hydroxylation is 2. The van der Waals surface area contributed by atoms with E-state index in [9.17, 15) is 19.2 Å². The first-order valence-corrected chi connectivity index (χ1v) is 18.8. The number of carbonyl (C=O) groups is 2. The van der Waals surface area contributed by atoms with Crippen molar-refractivity contribution in [2.45, 2.75) is 13.5 Å². The minimum absolute atomic E-state index is 0.238. The van der Waals surface area contributed by atoms with Gasteiger partial charge in [0.2, 0.25) is 0 Å². The number of amides is 2. The summed E-state index contributed by atoms with van der Waals surface area (Å²) in [4.78, 5) is 53.6. The summed E-state index contributed by atoms with van der Waals surface area (Å²) in [5.41, 5.74) is 18.8. The van der Waals surface area contributed by atoms with E-state index in [1.807, 2.05) is 36.4 Å². The number of nitrogens with two attached hydrogens (primary N) is 2. The van der Waals surface area contributed by atoms with Crippen LogP contribution < -0.4 is 49.3 Å². The Balaban J connectivity index is 0.000000201. The number of pyridine rings is 1. The zero-order chi connectivity index (χ0) is 41.9. The number of aromatic nitrogens is 3. The molecule has 0 radical (unpaired) electrons. The van der Waals surface area contributed by atoms with Gasteiger partial charge in [-0.3, -0.25) is 23.5 Å². The highest BCUT2D eigenvalue weighted by molar-refractivity contribution is 6.06. The van der Waals surface area contributed by atoms with Crippen LogP contribution in [-0.4, -0.2) is 39.0 Å². The van der Waals surface area contributed by atoms with Crippen molar-refractivity contribution in [2.24, 2.45) is 14.1 Å². The Kier molecular flexibility index (Phi) is 13.0. The minimum Gasteiger partial charge on any atom is -0.397 e. The number of anilines is 7. The molecule has 0 unspecified atom stereocenters. The number of fused-ring (bicyclic) bond motifs is 1. The number of nitrogens with zero attached hydrogens (tertiary/aromatic N) is 3. The van der Waals surface area contributed by atoms with Crippen LogP contribution >= 0.6 is 0 Å². The van der Waals surface area contributed by atoms with E-state index in [2.05, 4.69) is 62.8 Å². The number of hydrogen-bond donors (Lipinski definition) is 7. The van der Waals surface area contributed by atoms with Gasteiger partial charge in [-0.1, -0.05) is 54.1 Å². The van der Waals surface area contributed by atoms with Gasteiger partial charge in [0, 0.05) is 56.9 Å². The van der Waals surface area contributed by atoms with Gasteiger partial charge in [0.05, 0.1) is 39.2 Å². The molecule has 2 aromatic heterocycles. The zero-order valence-electron chi connectivity index (χ0n) is 33.0. The van der Waals surface area contributed by atoms with Gasteiger partial charge in [-0.15, -0.1) is 0 Å². The molecule has 0 fully saturated rings.